The predicted molar refractivity (Wildman–Crippen MR) is 64.2 cm³/mol. The number of nitrogens with zero attached hydrogens (tertiary/aromatic N) is 1. The highest BCUT2D eigenvalue weighted by Crippen LogP contribution is 2.28. The largest absolute Gasteiger partial charge is 0.493 e. The third-order valence-corrected chi connectivity index (χ3v) is 2.65. The van der Waals surface area contributed by atoms with E-state index in [9.17, 15) is 4.79 Å². The molecule has 0 atom stereocenters. The van der Waals surface area contributed by atoms with E-state index in [1.165, 1.54) is 0 Å². The number of hydrogen-bond acceptors (Lipinski definition) is 2. The Balaban J connectivity index is 2.68. The molecule has 2 rings (SSSR count). The molecule has 0 bridgehead atoms. The monoisotopic (exact) mass is 217 g/mol. The van der Waals surface area contributed by atoms with Gasteiger partial charge in [-0.05, 0) is 32.0 Å². The van der Waals surface area contributed by atoms with Crippen molar-refractivity contribution in [1.82, 2.24) is 4.57 Å². The van der Waals surface area contributed by atoms with Gasteiger partial charge in [0.1, 0.15) is 12.0 Å². The fraction of sp³-hybridized carbons (Fsp3) is 0.308. The second kappa shape index (κ2) is 4.39. The molecule has 3 nitrogen and oxygen atoms in total. The van der Waals surface area contributed by atoms with Gasteiger partial charge in [-0.15, -0.1) is 0 Å². The minimum Gasteiger partial charge on any atom is -0.493 e. The Morgan fingerprint density at radius 3 is 2.81 bits per heavy atom. The van der Waals surface area contributed by atoms with Crippen molar-refractivity contribution in [2.24, 2.45) is 0 Å². The van der Waals surface area contributed by atoms with Crippen LogP contribution >= 0.6 is 0 Å². The van der Waals surface area contributed by atoms with Crippen molar-refractivity contribution in [3.8, 4) is 5.75 Å². The molecular weight excluding hydrogens is 202 g/mol. The summed E-state index contributed by atoms with van der Waals surface area (Å²) >= 11 is 0. The number of hydrogen-bond donors (Lipinski definition) is 0. The molecule has 0 amide bonds. The number of carbonyl (C=O) groups excluding carboxylic acids is 1. The molecule has 1 aromatic carbocycles. The Morgan fingerprint density at radius 2 is 2.19 bits per heavy atom. The first-order valence-corrected chi connectivity index (χ1v) is 5.51. The van der Waals surface area contributed by atoms with E-state index in [2.05, 4.69) is 11.5 Å². The average Bonchev–Trinajstić information content (AvgIpc) is 2.72. The minimum absolute atomic E-state index is 0.606. The van der Waals surface area contributed by atoms with Crippen molar-refractivity contribution in [3.05, 3.63) is 30.0 Å². The van der Waals surface area contributed by atoms with Crippen molar-refractivity contribution >= 4 is 17.2 Å². The molecule has 1 heterocycles. The lowest BCUT2D eigenvalue weighted by molar-refractivity contribution is 0.112. The molecule has 1 aromatic heterocycles. The zero-order valence-electron chi connectivity index (χ0n) is 9.56. The number of aldehydes is 1. The van der Waals surface area contributed by atoms with Crippen LogP contribution < -0.4 is 4.74 Å². The van der Waals surface area contributed by atoms with Crippen LogP contribution in [0, 0.1) is 0 Å². The van der Waals surface area contributed by atoms with E-state index in [1.54, 1.807) is 6.07 Å². The quantitative estimate of drug-likeness (QED) is 0.737. The van der Waals surface area contributed by atoms with Crippen LogP contribution in [0.4, 0.5) is 0 Å². The fourth-order valence-corrected chi connectivity index (χ4v) is 1.90. The van der Waals surface area contributed by atoms with Gasteiger partial charge in [-0.3, -0.25) is 4.79 Å². The molecule has 0 fully saturated rings. The summed E-state index contributed by atoms with van der Waals surface area (Å²) in [5.41, 5.74) is 1.71. The third-order valence-electron chi connectivity index (χ3n) is 2.65. The summed E-state index contributed by atoms with van der Waals surface area (Å²) in [6, 6.07) is 5.71. The van der Waals surface area contributed by atoms with Crippen molar-refractivity contribution in [2.75, 3.05) is 6.61 Å². The number of aromatic nitrogens is 1. The summed E-state index contributed by atoms with van der Waals surface area (Å²) in [7, 11) is 0. The van der Waals surface area contributed by atoms with Gasteiger partial charge in [-0.2, -0.15) is 0 Å². The number of carbonyl (C=O) groups is 1. The van der Waals surface area contributed by atoms with Gasteiger partial charge in [-0.25, -0.2) is 0 Å². The lowest BCUT2D eigenvalue weighted by Crippen LogP contribution is -1.96. The maximum Gasteiger partial charge on any atom is 0.150 e. The van der Waals surface area contributed by atoms with E-state index in [0.717, 1.165) is 29.5 Å². The first-order valence-electron chi connectivity index (χ1n) is 5.51. The minimum atomic E-state index is 0.606. The second-order valence-electron chi connectivity index (χ2n) is 3.60. The molecule has 84 valence electrons. The van der Waals surface area contributed by atoms with Crippen LogP contribution in [0.3, 0.4) is 0 Å². The van der Waals surface area contributed by atoms with Crippen molar-refractivity contribution in [1.29, 1.82) is 0 Å². The standard InChI is InChI=1S/C13H15NO2/c1-3-14-6-5-11-12(14)7-10(9-15)8-13(11)16-4-2/h5-9H,3-4H2,1-2H3. The van der Waals surface area contributed by atoms with Gasteiger partial charge >= 0.3 is 0 Å². The maximum atomic E-state index is 10.9. The molecule has 0 radical (unpaired) electrons. The number of fused-ring (bicyclic) bond motifs is 1. The highest BCUT2D eigenvalue weighted by molar-refractivity contribution is 5.92. The number of rotatable bonds is 4. The molecule has 0 aliphatic carbocycles. The summed E-state index contributed by atoms with van der Waals surface area (Å²) in [5.74, 6) is 0.786. The SMILES string of the molecule is CCOc1cc(C=O)cc2c1ccn2CC. The van der Waals surface area contributed by atoms with Crippen LogP contribution in [0.5, 0.6) is 5.75 Å². The molecule has 0 N–H and O–H groups in total. The first-order chi connectivity index (χ1) is 7.80. The summed E-state index contributed by atoms with van der Waals surface area (Å²) in [6.07, 6.45) is 2.87. The van der Waals surface area contributed by atoms with Crippen LogP contribution in [0.25, 0.3) is 10.9 Å². The highest BCUT2D eigenvalue weighted by Gasteiger charge is 2.08. The molecule has 0 saturated carbocycles. The van der Waals surface area contributed by atoms with Gasteiger partial charge in [-0.1, -0.05) is 0 Å². The number of benzene rings is 1. The van der Waals surface area contributed by atoms with Crippen molar-refractivity contribution < 1.29 is 9.53 Å². The average molecular weight is 217 g/mol. The lowest BCUT2D eigenvalue weighted by atomic mass is 10.1. The van der Waals surface area contributed by atoms with E-state index in [4.69, 9.17) is 4.74 Å². The molecule has 0 aliphatic heterocycles. The van der Waals surface area contributed by atoms with E-state index >= 15 is 0 Å². The van der Waals surface area contributed by atoms with Gasteiger partial charge in [0.15, 0.2) is 0 Å². The third kappa shape index (κ3) is 1.69. The van der Waals surface area contributed by atoms with Crippen LogP contribution in [0.2, 0.25) is 0 Å². The second-order valence-corrected chi connectivity index (χ2v) is 3.60. The highest BCUT2D eigenvalue weighted by atomic mass is 16.5. The zero-order valence-corrected chi connectivity index (χ0v) is 9.56. The maximum absolute atomic E-state index is 10.9. The van der Waals surface area contributed by atoms with Crippen molar-refractivity contribution in [3.63, 3.8) is 0 Å². The molecule has 0 aliphatic rings. The Labute approximate surface area is 94.6 Å². The summed E-state index contributed by atoms with van der Waals surface area (Å²) < 4.78 is 7.65. The van der Waals surface area contributed by atoms with E-state index < -0.39 is 0 Å². The molecule has 0 saturated heterocycles. The van der Waals surface area contributed by atoms with Crippen LogP contribution in [-0.4, -0.2) is 17.5 Å². The zero-order chi connectivity index (χ0) is 11.5. The predicted octanol–water partition coefficient (Wildman–Crippen LogP) is 2.87. The van der Waals surface area contributed by atoms with E-state index in [-0.39, 0.29) is 0 Å². The summed E-state index contributed by atoms with van der Waals surface area (Å²) in [6.45, 7) is 5.51. The Morgan fingerprint density at radius 1 is 1.38 bits per heavy atom. The Kier molecular flexibility index (Phi) is 2.95. The van der Waals surface area contributed by atoms with Gasteiger partial charge in [0.25, 0.3) is 0 Å². The fourth-order valence-electron chi connectivity index (χ4n) is 1.90. The first kappa shape index (κ1) is 10.7. The molecule has 16 heavy (non-hydrogen) atoms. The van der Waals surface area contributed by atoms with Gasteiger partial charge < -0.3 is 9.30 Å². The van der Waals surface area contributed by atoms with Gasteiger partial charge in [0.05, 0.1) is 12.1 Å². The summed E-state index contributed by atoms with van der Waals surface area (Å²) in [5, 5.41) is 1.06. The van der Waals surface area contributed by atoms with E-state index in [0.29, 0.717) is 12.2 Å². The van der Waals surface area contributed by atoms with Crippen molar-refractivity contribution in [2.45, 2.75) is 20.4 Å². The molecule has 2 aromatic rings. The summed E-state index contributed by atoms with van der Waals surface area (Å²) in [4.78, 5) is 10.9. The van der Waals surface area contributed by atoms with Crippen LogP contribution in [0.15, 0.2) is 24.4 Å². The Bertz CT molecular complexity index is 514. The molecule has 3 heteroatoms. The molecule has 0 unspecified atom stereocenters. The van der Waals surface area contributed by atoms with Gasteiger partial charge in [0.2, 0.25) is 0 Å². The number of ether oxygens (including phenoxy) is 1. The van der Waals surface area contributed by atoms with Crippen LogP contribution in [-0.2, 0) is 6.54 Å². The van der Waals surface area contributed by atoms with Gasteiger partial charge in [0, 0.05) is 23.7 Å². The molecular formula is C13H15NO2. The normalized spacial score (nSPS) is 10.6. The molecule has 0 spiro atoms. The van der Waals surface area contributed by atoms with Crippen LogP contribution in [0.1, 0.15) is 24.2 Å². The van der Waals surface area contributed by atoms with E-state index in [1.807, 2.05) is 25.3 Å². The number of aryl methyl sites for hydroxylation is 1. The topological polar surface area (TPSA) is 31.2 Å². The lowest BCUT2D eigenvalue weighted by Gasteiger charge is -2.07. The smallest absolute Gasteiger partial charge is 0.150 e. The Hall–Kier alpha value is -1.77.